The van der Waals surface area contributed by atoms with E-state index in [1.54, 1.807) is 58.9 Å². The molecule has 4 aromatic heterocycles. The van der Waals surface area contributed by atoms with Gasteiger partial charge in [0.1, 0.15) is 0 Å². The third-order valence-electron chi connectivity index (χ3n) is 3.57. The molecule has 25 heavy (non-hydrogen) atoms. The first-order valence-electron chi connectivity index (χ1n) is 7.59. The lowest BCUT2D eigenvalue weighted by Gasteiger charge is -2.08. The third-order valence-corrected chi connectivity index (χ3v) is 4.61. The van der Waals surface area contributed by atoms with E-state index in [2.05, 4.69) is 25.6 Å². The number of hydrogen-bond acceptors (Lipinski definition) is 5. The summed E-state index contributed by atoms with van der Waals surface area (Å²) in [5, 5.41) is 14.0. The Morgan fingerprint density at radius 3 is 2.92 bits per heavy atom. The Balaban J connectivity index is 1.58. The SMILES string of the molecule is Cc1ccc(-c2cc(C(=O)Nc3cccnc3-n3cccn3)n[nH]2)s1. The molecule has 0 aromatic carbocycles. The minimum atomic E-state index is -0.308. The van der Waals surface area contributed by atoms with E-state index in [1.165, 1.54) is 4.88 Å². The van der Waals surface area contributed by atoms with Crippen molar-refractivity contribution < 1.29 is 4.79 Å². The van der Waals surface area contributed by atoms with Gasteiger partial charge in [-0.3, -0.25) is 9.89 Å². The van der Waals surface area contributed by atoms with E-state index in [-0.39, 0.29) is 5.91 Å². The molecular formula is C17H14N6OS. The Morgan fingerprint density at radius 1 is 1.24 bits per heavy atom. The van der Waals surface area contributed by atoms with Gasteiger partial charge in [-0.25, -0.2) is 9.67 Å². The Bertz CT molecular complexity index is 1020. The van der Waals surface area contributed by atoms with Gasteiger partial charge in [0.2, 0.25) is 0 Å². The van der Waals surface area contributed by atoms with Crippen LogP contribution in [-0.2, 0) is 0 Å². The summed E-state index contributed by atoms with van der Waals surface area (Å²) in [5.74, 6) is 0.239. The maximum Gasteiger partial charge on any atom is 0.276 e. The molecule has 0 aliphatic heterocycles. The molecule has 0 spiro atoms. The highest BCUT2D eigenvalue weighted by atomic mass is 32.1. The largest absolute Gasteiger partial charge is 0.317 e. The fourth-order valence-electron chi connectivity index (χ4n) is 2.40. The van der Waals surface area contributed by atoms with Crippen molar-refractivity contribution in [3.8, 4) is 16.4 Å². The van der Waals surface area contributed by atoms with E-state index in [1.807, 2.05) is 19.1 Å². The Kier molecular flexibility index (Phi) is 3.87. The summed E-state index contributed by atoms with van der Waals surface area (Å²) >= 11 is 1.65. The normalized spacial score (nSPS) is 10.8. The topological polar surface area (TPSA) is 88.5 Å². The van der Waals surface area contributed by atoms with Gasteiger partial charge in [0, 0.05) is 23.5 Å². The molecule has 0 aliphatic carbocycles. The van der Waals surface area contributed by atoms with Gasteiger partial charge in [0.15, 0.2) is 11.5 Å². The fourth-order valence-corrected chi connectivity index (χ4v) is 3.23. The van der Waals surface area contributed by atoms with E-state index in [4.69, 9.17) is 0 Å². The lowest BCUT2D eigenvalue weighted by molar-refractivity contribution is 0.102. The van der Waals surface area contributed by atoms with E-state index in [0.29, 0.717) is 17.2 Å². The number of aryl methyl sites for hydroxylation is 1. The highest BCUT2D eigenvalue weighted by molar-refractivity contribution is 7.15. The number of amides is 1. The lowest BCUT2D eigenvalue weighted by Crippen LogP contribution is -2.15. The number of carbonyl (C=O) groups excluding carboxylic acids is 1. The van der Waals surface area contributed by atoms with Gasteiger partial charge in [0.25, 0.3) is 5.91 Å². The van der Waals surface area contributed by atoms with Crippen LogP contribution in [0.4, 0.5) is 5.69 Å². The minimum absolute atomic E-state index is 0.308. The number of carbonyl (C=O) groups is 1. The molecule has 0 bridgehead atoms. The van der Waals surface area contributed by atoms with Crippen molar-refractivity contribution in [2.24, 2.45) is 0 Å². The molecule has 4 rings (SSSR count). The second-order valence-corrected chi connectivity index (χ2v) is 6.64. The Labute approximate surface area is 147 Å². The van der Waals surface area contributed by atoms with Gasteiger partial charge in [-0.05, 0) is 43.3 Å². The number of pyridine rings is 1. The first-order valence-corrected chi connectivity index (χ1v) is 8.41. The van der Waals surface area contributed by atoms with Crippen LogP contribution in [0.25, 0.3) is 16.4 Å². The zero-order valence-corrected chi connectivity index (χ0v) is 14.1. The maximum absolute atomic E-state index is 12.5. The first kappa shape index (κ1) is 15.3. The summed E-state index contributed by atoms with van der Waals surface area (Å²) in [5.41, 5.74) is 1.70. The van der Waals surface area contributed by atoms with E-state index in [9.17, 15) is 4.79 Å². The molecule has 4 aromatic rings. The molecule has 0 radical (unpaired) electrons. The second-order valence-electron chi connectivity index (χ2n) is 5.36. The molecule has 124 valence electrons. The van der Waals surface area contributed by atoms with Crippen LogP contribution in [0.15, 0.2) is 55.0 Å². The lowest BCUT2D eigenvalue weighted by atomic mass is 10.3. The summed E-state index contributed by atoms with van der Waals surface area (Å²) in [7, 11) is 0. The zero-order valence-electron chi connectivity index (χ0n) is 13.3. The fraction of sp³-hybridized carbons (Fsp3) is 0.0588. The summed E-state index contributed by atoms with van der Waals surface area (Å²) in [6, 6.07) is 11.1. The number of nitrogens with zero attached hydrogens (tertiary/aromatic N) is 4. The van der Waals surface area contributed by atoms with Crippen LogP contribution < -0.4 is 5.32 Å². The van der Waals surface area contributed by atoms with Gasteiger partial charge in [-0.1, -0.05) is 0 Å². The Hall–Kier alpha value is -3.26. The number of hydrogen-bond donors (Lipinski definition) is 2. The molecular weight excluding hydrogens is 336 g/mol. The number of H-pyrrole nitrogens is 1. The highest BCUT2D eigenvalue weighted by Gasteiger charge is 2.15. The number of aromatic amines is 1. The Morgan fingerprint density at radius 2 is 2.16 bits per heavy atom. The molecule has 2 N–H and O–H groups in total. The smallest absolute Gasteiger partial charge is 0.276 e. The van der Waals surface area contributed by atoms with Crippen molar-refractivity contribution in [2.45, 2.75) is 6.92 Å². The molecule has 0 fully saturated rings. The number of thiophene rings is 1. The molecule has 0 aliphatic rings. The van der Waals surface area contributed by atoms with Crippen molar-refractivity contribution in [1.82, 2.24) is 25.0 Å². The van der Waals surface area contributed by atoms with E-state index < -0.39 is 0 Å². The monoisotopic (exact) mass is 350 g/mol. The summed E-state index contributed by atoms with van der Waals surface area (Å²) in [6.45, 7) is 2.04. The number of aromatic nitrogens is 5. The molecule has 0 saturated heterocycles. The predicted octanol–water partition coefficient (Wildman–Crippen LogP) is 3.28. The molecule has 8 heteroatoms. The summed E-state index contributed by atoms with van der Waals surface area (Å²) in [6.07, 6.45) is 5.07. The van der Waals surface area contributed by atoms with Gasteiger partial charge >= 0.3 is 0 Å². The maximum atomic E-state index is 12.5. The second kappa shape index (κ2) is 6.33. The first-order chi connectivity index (χ1) is 12.2. The molecule has 1 amide bonds. The molecule has 0 saturated carbocycles. The van der Waals surface area contributed by atoms with Crippen LogP contribution in [0.1, 0.15) is 15.4 Å². The zero-order chi connectivity index (χ0) is 17.2. The average Bonchev–Trinajstić information content (AvgIpc) is 3.36. The van der Waals surface area contributed by atoms with Crippen molar-refractivity contribution in [3.05, 3.63) is 65.6 Å². The summed E-state index contributed by atoms with van der Waals surface area (Å²) in [4.78, 5) is 19.1. The molecule has 0 unspecified atom stereocenters. The van der Waals surface area contributed by atoms with Crippen LogP contribution in [-0.4, -0.2) is 30.9 Å². The van der Waals surface area contributed by atoms with Crippen LogP contribution in [0.5, 0.6) is 0 Å². The van der Waals surface area contributed by atoms with Gasteiger partial charge in [0.05, 0.1) is 16.3 Å². The standard InChI is InChI=1S/C17H14N6OS/c1-11-5-6-15(25-11)13-10-14(22-21-13)17(24)20-12-4-2-7-18-16(12)23-9-3-8-19-23/h2-10H,1H3,(H,20,24)(H,21,22). The van der Waals surface area contributed by atoms with Crippen LogP contribution in [0, 0.1) is 6.92 Å². The average molecular weight is 350 g/mol. The van der Waals surface area contributed by atoms with E-state index in [0.717, 1.165) is 10.6 Å². The highest BCUT2D eigenvalue weighted by Crippen LogP contribution is 2.26. The quantitative estimate of drug-likeness (QED) is 0.591. The molecule has 7 nitrogen and oxygen atoms in total. The summed E-state index contributed by atoms with van der Waals surface area (Å²) < 4.78 is 1.60. The van der Waals surface area contributed by atoms with Crippen LogP contribution in [0.3, 0.4) is 0 Å². The number of anilines is 1. The van der Waals surface area contributed by atoms with Gasteiger partial charge < -0.3 is 5.32 Å². The van der Waals surface area contributed by atoms with Gasteiger partial charge in [-0.2, -0.15) is 10.2 Å². The minimum Gasteiger partial charge on any atom is -0.317 e. The third kappa shape index (κ3) is 3.07. The number of nitrogens with one attached hydrogen (secondary N) is 2. The van der Waals surface area contributed by atoms with Crippen LogP contribution >= 0.6 is 11.3 Å². The van der Waals surface area contributed by atoms with Gasteiger partial charge in [-0.15, -0.1) is 11.3 Å². The molecule has 0 atom stereocenters. The van der Waals surface area contributed by atoms with Crippen molar-refractivity contribution in [1.29, 1.82) is 0 Å². The van der Waals surface area contributed by atoms with Crippen molar-refractivity contribution in [3.63, 3.8) is 0 Å². The van der Waals surface area contributed by atoms with Crippen LogP contribution in [0.2, 0.25) is 0 Å². The number of rotatable bonds is 4. The molecule has 4 heterocycles. The van der Waals surface area contributed by atoms with E-state index >= 15 is 0 Å². The van der Waals surface area contributed by atoms with Crippen molar-refractivity contribution >= 4 is 22.9 Å². The predicted molar refractivity (Wildman–Crippen MR) is 95.9 cm³/mol. The van der Waals surface area contributed by atoms with Crippen molar-refractivity contribution in [2.75, 3.05) is 5.32 Å².